The van der Waals surface area contributed by atoms with Crippen molar-refractivity contribution in [2.24, 2.45) is 40.4 Å². The molecule has 1 saturated heterocycles. The van der Waals surface area contributed by atoms with Gasteiger partial charge in [-0.3, -0.25) is 18.0 Å². The van der Waals surface area contributed by atoms with E-state index in [1.165, 1.54) is 0 Å². The number of esters is 1. The fourth-order valence-electron chi connectivity index (χ4n) is 9.81. The van der Waals surface area contributed by atoms with Crippen LogP contribution in [0.25, 0.3) is 0 Å². The van der Waals surface area contributed by atoms with Crippen LogP contribution in [-0.2, 0) is 53.0 Å². The minimum absolute atomic E-state index is 0. The average Bonchev–Trinajstić information content (AvgIpc) is 3.12. The van der Waals surface area contributed by atoms with Crippen LogP contribution in [0.5, 0.6) is 0 Å². The molecule has 0 aromatic heterocycles. The van der Waals surface area contributed by atoms with Crippen LogP contribution in [0.15, 0.2) is 12.2 Å². The van der Waals surface area contributed by atoms with Gasteiger partial charge in [0, 0.05) is 11.8 Å². The van der Waals surface area contributed by atoms with E-state index in [1.54, 1.807) is 13.8 Å². The van der Waals surface area contributed by atoms with Gasteiger partial charge in [0.2, 0.25) is 20.8 Å². The van der Waals surface area contributed by atoms with Gasteiger partial charge in [-0.25, -0.2) is 16.8 Å². The monoisotopic (exact) mass is 770 g/mol. The molecular weight excluding hydrogens is 726 g/mol. The number of aliphatic hydroxyl groups is 2. The third-order valence-electron chi connectivity index (χ3n) is 11.5. The maximum absolute atomic E-state index is 12.9. The largest absolute Gasteiger partial charge is 1.00 e. The minimum atomic E-state index is -5.69. The number of carbonyl (C=O) groups excluding carboxylic acids is 1. The van der Waals surface area contributed by atoms with Gasteiger partial charge in [0.25, 0.3) is 0 Å². The number of carboxylic acids is 1. The summed E-state index contributed by atoms with van der Waals surface area (Å²) in [6, 6.07) is 0. The van der Waals surface area contributed by atoms with Crippen LogP contribution in [0, 0.1) is 40.4 Å². The van der Waals surface area contributed by atoms with Gasteiger partial charge in [-0.1, -0.05) is 27.4 Å². The third-order valence-corrected chi connectivity index (χ3v) is 12.4. The zero-order valence-corrected chi connectivity index (χ0v) is 34.6. The van der Waals surface area contributed by atoms with Crippen molar-refractivity contribution in [2.45, 2.75) is 115 Å². The van der Waals surface area contributed by atoms with Crippen LogP contribution in [0.3, 0.4) is 0 Å². The summed E-state index contributed by atoms with van der Waals surface area (Å²) in [5.41, 5.74) is -0.359. The number of hydrogen-bond acceptors (Lipinski definition) is 15. The smallest absolute Gasteiger partial charge is 0.726 e. The van der Waals surface area contributed by atoms with E-state index in [2.05, 4.69) is 14.9 Å². The summed E-state index contributed by atoms with van der Waals surface area (Å²) >= 11 is 0. The molecule has 1 aliphatic heterocycles. The molecule has 0 aromatic rings. The Bertz CT molecular complexity index is 1490. The number of hydrogen-bond donors (Lipinski definition) is 3. The van der Waals surface area contributed by atoms with Gasteiger partial charge in [-0.05, 0) is 79.6 Å². The second kappa shape index (κ2) is 16.5. The number of carboxylic acid groups (broad SMARTS) is 1. The topological polar surface area (TPSA) is 255 Å². The van der Waals surface area contributed by atoms with Crippen LogP contribution in [0.1, 0.15) is 72.1 Å². The Morgan fingerprint density at radius 2 is 1.64 bits per heavy atom. The zero-order valence-electron chi connectivity index (χ0n) is 29.0. The minimum Gasteiger partial charge on any atom is -0.726 e. The second-order valence-electron chi connectivity index (χ2n) is 14.8. The third kappa shape index (κ3) is 9.03. The Hall–Kier alpha value is 0.260. The molecular formula is C30H44Na2O16S2. The van der Waals surface area contributed by atoms with Gasteiger partial charge < -0.3 is 38.6 Å². The Kier molecular flexibility index (Phi) is 14.8. The summed E-state index contributed by atoms with van der Waals surface area (Å²) < 4.78 is 96.9. The Morgan fingerprint density at radius 1 is 1.02 bits per heavy atom. The molecule has 5 aliphatic rings. The van der Waals surface area contributed by atoms with Crippen molar-refractivity contribution >= 4 is 32.7 Å². The number of fused-ring (bicyclic) bond motifs is 3. The van der Waals surface area contributed by atoms with E-state index in [-0.39, 0.29) is 102 Å². The summed E-state index contributed by atoms with van der Waals surface area (Å²) in [4.78, 5) is 25.6. The first-order valence-corrected chi connectivity index (χ1v) is 18.8. The molecule has 274 valence electrons. The van der Waals surface area contributed by atoms with Crippen molar-refractivity contribution in [2.75, 3.05) is 6.61 Å². The van der Waals surface area contributed by atoms with E-state index in [1.807, 2.05) is 6.92 Å². The van der Waals surface area contributed by atoms with E-state index in [9.17, 15) is 50.8 Å². The first-order chi connectivity index (χ1) is 22.2. The first-order valence-electron chi connectivity index (χ1n) is 16.2. The number of ether oxygens (including phenoxy) is 3. The molecule has 50 heavy (non-hydrogen) atoms. The molecule has 0 radical (unpaired) electrons. The number of aliphatic hydroxyl groups excluding tert-OH is 2. The van der Waals surface area contributed by atoms with Crippen molar-refractivity contribution in [3.63, 3.8) is 0 Å². The second-order valence-corrected chi connectivity index (χ2v) is 16.8. The van der Waals surface area contributed by atoms with Crippen molar-refractivity contribution in [1.29, 1.82) is 0 Å². The predicted molar refractivity (Wildman–Crippen MR) is 159 cm³/mol. The van der Waals surface area contributed by atoms with Crippen LogP contribution >= 0.6 is 0 Å². The number of carbonyl (C=O) groups is 2. The molecule has 4 saturated carbocycles. The quantitative estimate of drug-likeness (QED) is 0.0444. The number of aliphatic carboxylic acids is 1. The molecule has 3 N–H and O–H groups in total. The van der Waals surface area contributed by atoms with Crippen LogP contribution in [-0.4, -0.2) is 103 Å². The molecule has 13 atom stereocenters. The fraction of sp³-hybridized carbons (Fsp3) is 0.867. The fourth-order valence-corrected chi connectivity index (χ4v) is 10.8. The van der Waals surface area contributed by atoms with E-state index >= 15 is 0 Å². The van der Waals surface area contributed by atoms with Crippen molar-refractivity contribution in [3.05, 3.63) is 12.2 Å². The van der Waals surface area contributed by atoms with Gasteiger partial charge in [-0.2, -0.15) is 0 Å². The summed E-state index contributed by atoms with van der Waals surface area (Å²) in [7, 11) is -11.3. The van der Waals surface area contributed by atoms with Gasteiger partial charge >= 0.3 is 71.1 Å². The Morgan fingerprint density at radius 3 is 2.20 bits per heavy atom. The van der Waals surface area contributed by atoms with Crippen molar-refractivity contribution in [3.8, 4) is 0 Å². The SMILES string of the molecule is C=C1[C@@H]2CCC3C(CC[C@@H]4[C@H](C(=O)O)C[C@@H](O[C@@H]5O[C@H](CO)[C@@H](OS(=O)(=O)[O-])[C@H](OS(=O)(=O)[O-])[C@H]5OC(=O)CC(C)C)C[C@@]34C)(C2)[C@H]1O.[Na+].[Na+]. The molecule has 4 aliphatic carbocycles. The predicted octanol–water partition coefficient (Wildman–Crippen LogP) is -5.01. The van der Waals surface area contributed by atoms with Gasteiger partial charge in [0.1, 0.15) is 18.3 Å². The van der Waals surface area contributed by atoms with Crippen LogP contribution < -0.4 is 59.1 Å². The summed E-state index contributed by atoms with van der Waals surface area (Å²) in [6.45, 7) is 8.41. The Labute approximate surface area is 336 Å². The van der Waals surface area contributed by atoms with Crippen molar-refractivity contribution < 1.29 is 133 Å². The molecule has 16 nitrogen and oxygen atoms in total. The van der Waals surface area contributed by atoms with E-state index in [0.29, 0.717) is 12.8 Å². The zero-order chi connectivity index (χ0) is 35.6. The molecule has 2 unspecified atom stereocenters. The first kappa shape index (κ1) is 44.7. The number of rotatable bonds is 11. The molecule has 5 rings (SSSR count). The maximum atomic E-state index is 12.9. The normalized spacial score (nSPS) is 41.3. The molecule has 1 spiro atoms. The Balaban J connectivity index is 0.00000338. The van der Waals surface area contributed by atoms with Gasteiger partial charge in [0.05, 0.1) is 24.7 Å². The molecule has 2 bridgehead atoms. The van der Waals surface area contributed by atoms with E-state index in [4.69, 9.17) is 14.2 Å². The molecule has 1 heterocycles. The summed E-state index contributed by atoms with van der Waals surface area (Å²) in [5, 5.41) is 31.9. The summed E-state index contributed by atoms with van der Waals surface area (Å²) in [6.07, 6.45) is -8.49. The molecule has 5 fully saturated rings. The summed E-state index contributed by atoms with van der Waals surface area (Å²) in [5.74, 6) is -3.38. The van der Waals surface area contributed by atoms with Crippen LogP contribution in [0.2, 0.25) is 0 Å². The van der Waals surface area contributed by atoms with Gasteiger partial charge in [-0.15, -0.1) is 0 Å². The molecule has 0 amide bonds. The average molecular weight is 771 g/mol. The maximum Gasteiger partial charge on any atom is 1.00 e. The van der Waals surface area contributed by atoms with E-state index < -0.39 is 99.0 Å². The molecule has 20 heteroatoms. The van der Waals surface area contributed by atoms with Crippen LogP contribution in [0.4, 0.5) is 0 Å². The van der Waals surface area contributed by atoms with E-state index in [0.717, 1.165) is 24.8 Å². The molecule has 0 aromatic carbocycles. The standard InChI is InChI=1S/C30H46O16S2.2Na/c1-14(2)9-22(32)44-25-24(46-48(39,40)41)23(45-47(36,37)38)20(13-31)43-28(25)42-17-10-18(27(34)35)19-7-8-30-11-16(15(3)26(30)33)5-6-21(30)29(19,4)12-17;;/h14,16-21,23-26,28,31,33H,3,5-13H2,1-2,4H3,(H,34,35)(H,36,37,38)(H,39,40,41);;/q;2*+1/p-2/t16-,17-,18-,19-,20-,21?,23-,24+,25-,26+,28-,29-,30?;;/m1../s1. The van der Waals surface area contributed by atoms with Gasteiger partial charge in [0.15, 0.2) is 12.4 Å². The van der Waals surface area contributed by atoms with Crippen molar-refractivity contribution in [1.82, 2.24) is 0 Å².